The molecule has 0 saturated carbocycles. The van der Waals surface area contributed by atoms with Crippen molar-refractivity contribution in [2.75, 3.05) is 7.05 Å². The Morgan fingerprint density at radius 1 is 1.33 bits per heavy atom. The second-order valence-corrected chi connectivity index (χ2v) is 3.77. The Bertz CT molecular complexity index is 220. The van der Waals surface area contributed by atoms with Gasteiger partial charge in [0.15, 0.2) is 0 Å². The topological polar surface area (TPSA) is 6.48 Å². The van der Waals surface area contributed by atoms with E-state index in [1.807, 2.05) is 0 Å². The van der Waals surface area contributed by atoms with Crippen LogP contribution < -0.4 is 0 Å². The number of fused-ring (bicyclic) bond motifs is 1. The third-order valence-corrected chi connectivity index (χ3v) is 3.31. The third kappa shape index (κ3) is 0.692. The number of hydrogen-bond acceptors (Lipinski definition) is 2. The molecule has 3 rings (SSSR count). The molecule has 0 aliphatic carbocycles. The summed E-state index contributed by atoms with van der Waals surface area (Å²) in [6.45, 7) is 6.86. The lowest BCUT2D eigenvalue weighted by atomic mass is 10.0. The normalized spacial score (nSPS) is 39.0. The number of hydrogen-bond donors (Lipinski definition) is 0. The van der Waals surface area contributed by atoms with Crippen LogP contribution in [0.15, 0.2) is 11.3 Å². The highest BCUT2D eigenvalue weighted by molar-refractivity contribution is 5.35. The minimum atomic E-state index is 0.690. The van der Waals surface area contributed by atoms with E-state index in [1.165, 1.54) is 12.8 Å². The maximum atomic E-state index is 2.49. The van der Waals surface area contributed by atoms with Gasteiger partial charge in [-0.15, -0.1) is 0 Å². The van der Waals surface area contributed by atoms with E-state index in [1.54, 1.807) is 11.3 Å². The lowest BCUT2D eigenvalue weighted by molar-refractivity contribution is -0.0781. The molecule has 3 aliphatic heterocycles. The molecule has 0 spiro atoms. The molecule has 12 heavy (non-hydrogen) atoms. The molecule has 2 bridgehead atoms. The molecule has 1 fully saturated rings. The predicted molar refractivity (Wildman–Crippen MR) is 50.5 cm³/mol. The van der Waals surface area contributed by atoms with Gasteiger partial charge in [-0.1, -0.05) is 13.8 Å². The molecule has 0 aromatic heterocycles. The van der Waals surface area contributed by atoms with Crippen molar-refractivity contribution in [3.05, 3.63) is 11.3 Å². The minimum absolute atomic E-state index is 0.690. The van der Waals surface area contributed by atoms with Crippen LogP contribution in [0.5, 0.6) is 0 Å². The van der Waals surface area contributed by atoms with Gasteiger partial charge in [-0.25, -0.2) is 5.01 Å². The first kappa shape index (κ1) is 8.11. The molecule has 3 atom stereocenters. The maximum Gasteiger partial charge on any atom is 0.0684 e. The second kappa shape index (κ2) is 2.49. The number of rotatable bonds is 2. The van der Waals surface area contributed by atoms with E-state index >= 15 is 0 Å². The van der Waals surface area contributed by atoms with Crippen molar-refractivity contribution in [2.24, 2.45) is 0 Å². The van der Waals surface area contributed by atoms with Gasteiger partial charge >= 0.3 is 0 Å². The van der Waals surface area contributed by atoms with E-state index in [-0.39, 0.29) is 0 Å². The van der Waals surface area contributed by atoms with Crippen LogP contribution in [-0.2, 0) is 0 Å². The largest absolute Gasteiger partial charge is 0.310 e. The SMILES string of the molecule is CCC1=C2C(C)N(C1CC)N2C. The van der Waals surface area contributed by atoms with E-state index < -0.39 is 0 Å². The van der Waals surface area contributed by atoms with Crippen molar-refractivity contribution in [3.8, 4) is 0 Å². The Hall–Kier alpha value is -0.500. The lowest BCUT2D eigenvalue weighted by Gasteiger charge is -2.47. The molecule has 2 nitrogen and oxygen atoms in total. The molecule has 0 aromatic rings. The van der Waals surface area contributed by atoms with Gasteiger partial charge in [0, 0.05) is 12.7 Å². The van der Waals surface area contributed by atoms with Gasteiger partial charge in [-0.3, -0.25) is 0 Å². The zero-order valence-corrected chi connectivity index (χ0v) is 8.46. The van der Waals surface area contributed by atoms with Crippen molar-refractivity contribution >= 4 is 0 Å². The number of hydrazine groups is 1. The van der Waals surface area contributed by atoms with E-state index in [2.05, 4.69) is 37.8 Å². The Labute approximate surface area is 74.8 Å². The molecule has 0 radical (unpaired) electrons. The predicted octanol–water partition coefficient (Wildman–Crippen LogP) is 1.99. The molecule has 3 unspecified atom stereocenters. The summed E-state index contributed by atoms with van der Waals surface area (Å²) in [4.78, 5) is 0. The van der Waals surface area contributed by atoms with Gasteiger partial charge in [0.05, 0.1) is 12.1 Å². The Kier molecular flexibility index (Phi) is 1.69. The lowest BCUT2D eigenvalue weighted by Crippen LogP contribution is -2.56. The molecular formula is C10H18N2. The molecule has 2 heteroatoms. The van der Waals surface area contributed by atoms with Crippen LogP contribution in [0.1, 0.15) is 33.6 Å². The molecular weight excluding hydrogens is 148 g/mol. The third-order valence-electron chi connectivity index (χ3n) is 3.31. The van der Waals surface area contributed by atoms with E-state index in [9.17, 15) is 0 Å². The first-order chi connectivity index (χ1) is 5.72. The molecule has 0 aromatic carbocycles. The van der Waals surface area contributed by atoms with Crippen molar-refractivity contribution in [3.63, 3.8) is 0 Å². The zero-order valence-electron chi connectivity index (χ0n) is 8.46. The standard InChI is InChI=1S/C10H18N2/c1-5-8-9(6-2)12-7(3)10(8)11(12)4/h7,9H,5-6H2,1-4H3. The van der Waals surface area contributed by atoms with Crippen LogP contribution in [0.25, 0.3) is 0 Å². The highest BCUT2D eigenvalue weighted by Gasteiger charge is 2.49. The van der Waals surface area contributed by atoms with Gasteiger partial charge in [-0.2, -0.15) is 0 Å². The minimum Gasteiger partial charge on any atom is -0.310 e. The first-order valence-electron chi connectivity index (χ1n) is 4.97. The molecule has 0 N–H and O–H groups in total. The quantitative estimate of drug-likeness (QED) is 0.619. The highest BCUT2D eigenvalue weighted by atomic mass is 15.7. The van der Waals surface area contributed by atoms with Gasteiger partial charge < -0.3 is 5.01 Å². The monoisotopic (exact) mass is 166 g/mol. The van der Waals surface area contributed by atoms with Crippen LogP contribution in [-0.4, -0.2) is 29.1 Å². The summed E-state index contributed by atoms with van der Waals surface area (Å²) in [5.74, 6) is 0. The summed E-state index contributed by atoms with van der Waals surface area (Å²) >= 11 is 0. The van der Waals surface area contributed by atoms with E-state index in [0.717, 1.165) is 0 Å². The Morgan fingerprint density at radius 3 is 2.33 bits per heavy atom. The average Bonchev–Trinajstić information content (AvgIpc) is 2.54. The fraction of sp³-hybridized carbons (Fsp3) is 0.800. The molecule has 3 aliphatic rings. The fourth-order valence-corrected chi connectivity index (χ4v) is 2.86. The molecule has 3 heterocycles. The maximum absolute atomic E-state index is 2.49. The number of likely N-dealkylation sites (N-methyl/N-ethyl adjacent to an activating group) is 1. The van der Waals surface area contributed by atoms with Crippen molar-refractivity contribution in [2.45, 2.75) is 45.7 Å². The summed E-state index contributed by atoms with van der Waals surface area (Å²) < 4.78 is 0. The van der Waals surface area contributed by atoms with Crippen LogP contribution in [0.4, 0.5) is 0 Å². The van der Waals surface area contributed by atoms with Gasteiger partial charge in [0.2, 0.25) is 0 Å². The van der Waals surface area contributed by atoms with Crippen molar-refractivity contribution in [1.82, 2.24) is 10.0 Å². The second-order valence-electron chi connectivity index (χ2n) is 3.77. The zero-order chi connectivity index (χ0) is 8.88. The smallest absolute Gasteiger partial charge is 0.0684 e. The summed E-state index contributed by atoms with van der Waals surface area (Å²) in [5, 5.41) is 4.83. The first-order valence-corrected chi connectivity index (χ1v) is 4.97. The van der Waals surface area contributed by atoms with Crippen LogP contribution in [0.2, 0.25) is 0 Å². The van der Waals surface area contributed by atoms with Crippen molar-refractivity contribution < 1.29 is 0 Å². The van der Waals surface area contributed by atoms with Crippen LogP contribution in [0.3, 0.4) is 0 Å². The van der Waals surface area contributed by atoms with E-state index in [0.29, 0.717) is 12.1 Å². The highest BCUT2D eigenvalue weighted by Crippen LogP contribution is 2.45. The fourth-order valence-electron chi connectivity index (χ4n) is 2.86. The Balaban J connectivity index is 2.30. The van der Waals surface area contributed by atoms with Gasteiger partial charge in [-0.05, 0) is 25.3 Å². The summed E-state index contributed by atoms with van der Waals surface area (Å²) in [6.07, 6.45) is 2.47. The number of nitrogens with zero attached hydrogens (tertiary/aromatic N) is 2. The van der Waals surface area contributed by atoms with Crippen LogP contribution in [0, 0.1) is 0 Å². The van der Waals surface area contributed by atoms with Gasteiger partial charge in [0.1, 0.15) is 0 Å². The van der Waals surface area contributed by atoms with Crippen LogP contribution >= 0.6 is 0 Å². The molecule has 0 amide bonds. The molecule has 68 valence electrons. The Morgan fingerprint density at radius 2 is 2.00 bits per heavy atom. The summed E-state index contributed by atoms with van der Waals surface area (Å²) in [5.41, 5.74) is 3.26. The average molecular weight is 166 g/mol. The summed E-state index contributed by atoms with van der Waals surface area (Å²) in [7, 11) is 2.18. The van der Waals surface area contributed by atoms with E-state index in [4.69, 9.17) is 0 Å². The summed E-state index contributed by atoms with van der Waals surface area (Å²) in [6, 6.07) is 1.40. The van der Waals surface area contributed by atoms with Crippen molar-refractivity contribution in [1.29, 1.82) is 0 Å². The van der Waals surface area contributed by atoms with Gasteiger partial charge in [0.25, 0.3) is 0 Å². The molecule has 1 saturated heterocycles.